The Labute approximate surface area is 125 Å². The van der Waals surface area contributed by atoms with Crippen molar-refractivity contribution in [3.63, 3.8) is 0 Å². The summed E-state index contributed by atoms with van der Waals surface area (Å²) in [5.74, 6) is 0.406. The lowest BCUT2D eigenvalue weighted by Gasteiger charge is -2.21. The van der Waals surface area contributed by atoms with E-state index in [4.69, 9.17) is 5.73 Å². The van der Waals surface area contributed by atoms with Gasteiger partial charge in [-0.05, 0) is 30.5 Å². The molecule has 1 amide bonds. The van der Waals surface area contributed by atoms with Gasteiger partial charge in [-0.25, -0.2) is 0 Å². The molecule has 1 aromatic carbocycles. The summed E-state index contributed by atoms with van der Waals surface area (Å²) in [4.78, 5) is 22.5. The molecule has 1 unspecified atom stereocenters. The molecule has 2 aromatic rings. The number of amides is 1. The van der Waals surface area contributed by atoms with E-state index in [0.717, 1.165) is 17.5 Å². The molecule has 2 rings (SSSR count). The zero-order valence-corrected chi connectivity index (χ0v) is 12.8. The zero-order valence-electron chi connectivity index (χ0n) is 12.8. The van der Waals surface area contributed by atoms with Crippen molar-refractivity contribution in [1.29, 1.82) is 0 Å². The minimum Gasteiger partial charge on any atom is -0.342 e. The fourth-order valence-electron chi connectivity index (χ4n) is 2.09. The average molecular weight is 286 g/mol. The summed E-state index contributed by atoms with van der Waals surface area (Å²) in [6.07, 6.45) is 4.07. The number of benzene rings is 1. The van der Waals surface area contributed by atoms with E-state index in [2.05, 4.69) is 23.8 Å². The topological polar surface area (TPSA) is 72.1 Å². The van der Waals surface area contributed by atoms with Gasteiger partial charge in [0.1, 0.15) is 0 Å². The molecule has 0 spiro atoms. The van der Waals surface area contributed by atoms with Gasteiger partial charge in [0, 0.05) is 37.6 Å². The Morgan fingerprint density at radius 2 is 1.90 bits per heavy atom. The number of hydrogen-bond donors (Lipinski definition) is 1. The lowest BCUT2D eigenvalue weighted by molar-refractivity contribution is 0.0789. The molecule has 0 aliphatic rings. The van der Waals surface area contributed by atoms with Gasteiger partial charge in [-0.15, -0.1) is 0 Å². The summed E-state index contributed by atoms with van der Waals surface area (Å²) in [6.45, 7) is 4.83. The summed E-state index contributed by atoms with van der Waals surface area (Å²) in [6, 6.07) is 5.51. The molecular weight excluding hydrogens is 264 g/mol. The first kappa shape index (κ1) is 15.4. The third kappa shape index (κ3) is 3.76. The maximum absolute atomic E-state index is 12.4. The highest BCUT2D eigenvalue weighted by molar-refractivity contribution is 5.97. The Morgan fingerprint density at radius 1 is 1.24 bits per heavy atom. The van der Waals surface area contributed by atoms with Crippen molar-refractivity contribution in [2.45, 2.75) is 26.3 Å². The lowest BCUT2D eigenvalue weighted by atomic mass is 10.0. The molecule has 0 aliphatic heterocycles. The van der Waals surface area contributed by atoms with Crippen molar-refractivity contribution in [3.8, 4) is 0 Å². The number of hydrogen-bond acceptors (Lipinski definition) is 4. The van der Waals surface area contributed by atoms with Crippen LogP contribution in [0.25, 0.3) is 11.0 Å². The third-order valence-corrected chi connectivity index (χ3v) is 3.72. The minimum absolute atomic E-state index is 0.0153. The predicted molar refractivity (Wildman–Crippen MR) is 83.9 cm³/mol. The van der Waals surface area contributed by atoms with Gasteiger partial charge in [0.25, 0.3) is 5.91 Å². The van der Waals surface area contributed by atoms with E-state index < -0.39 is 0 Å². The van der Waals surface area contributed by atoms with Crippen LogP contribution in [0.15, 0.2) is 30.6 Å². The van der Waals surface area contributed by atoms with Gasteiger partial charge in [0.05, 0.1) is 11.0 Å². The molecule has 1 heterocycles. The second kappa shape index (κ2) is 6.63. The van der Waals surface area contributed by atoms with Crippen LogP contribution >= 0.6 is 0 Å². The molecule has 1 atom stereocenters. The Kier molecular flexibility index (Phi) is 4.85. The number of fused-ring (bicyclic) bond motifs is 1. The number of rotatable bonds is 5. The predicted octanol–water partition coefficient (Wildman–Crippen LogP) is 2.08. The first-order valence-electron chi connectivity index (χ1n) is 7.21. The molecule has 2 N–H and O–H groups in total. The molecule has 5 heteroatoms. The standard InChI is InChI=1S/C16H22N4O/c1-11(2)13(17)6-9-20(3)16(21)12-4-5-14-15(10-12)19-8-7-18-14/h4-5,7-8,10-11,13H,6,9,17H2,1-3H3. The van der Waals surface area contributed by atoms with Gasteiger partial charge in [-0.3, -0.25) is 14.8 Å². The maximum Gasteiger partial charge on any atom is 0.253 e. The number of carbonyl (C=O) groups is 1. The van der Waals surface area contributed by atoms with Crippen LogP contribution in [-0.2, 0) is 0 Å². The van der Waals surface area contributed by atoms with Gasteiger partial charge >= 0.3 is 0 Å². The Bertz CT molecular complexity index is 626. The quantitative estimate of drug-likeness (QED) is 0.913. The van der Waals surface area contributed by atoms with Gasteiger partial charge in [0.2, 0.25) is 0 Å². The van der Waals surface area contributed by atoms with E-state index in [1.807, 2.05) is 6.07 Å². The van der Waals surface area contributed by atoms with Crippen molar-refractivity contribution in [2.24, 2.45) is 11.7 Å². The largest absolute Gasteiger partial charge is 0.342 e. The monoisotopic (exact) mass is 286 g/mol. The van der Waals surface area contributed by atoms with E-state index in [9.17, 15) is 4.79 Å². The molecule has 0 radical (unpaired) electrons. The lowest BCUT2D eigenvalue weighted by Crippen LogP contribution is -2.34. The third-order valence-electron chi connectivity index (χ3n) is 3.72. The summed E-state index contributed by atoms with van der Waals surface area (Å²) in [5, 5.41) is 0. The first-order valence-corrected chi connectivity index (χ1v) is 7.21. The smallest absolute Gasteiger partial charge is 0.253 e. The van der Waals surface area contributed by atoms with Crippen LogP contribution in [-0.4, -0.2) is 40.4 Å². The second-order valence-electron chi connectivity index (χ2n) is 5.68. The fraction of sp³-hybridized carbons (Fsp3) is 0.438. The average Bonchev–Trinajstić information content (AvgIpc) is 2.50. The van der Waals surface area contributed by atoms with Crippen LogP contribution in [0.3, 0.4) is 0 Å². The molecule has 0 saturated carbocycles. The van der Waals surface area contributed by atoms with Gasteiger partial charge < -0.3 is 10.6 Å². The summed E-state index contributed by atoms with van der Waals surface area (Å²) in [7, 11) is 1.80. The van der Waals surface area contributed by atoms with E-state index >= 15 is 0 Å². The highest BCUT2D eigenvalue weighted by Gasteiger charge is 2.15. The van der Waals surface area contributed by atoms with Gasteiger partial charge in [0.15, 0.2) is 0 Å². The number of aromatic nitrogens is 2. The SMILES string of the molecule is CC(C)C(N)CCN(C)C(=O)c1ccc2nccnc2c1. The minimum atomic E-state index is -0.0153. The Hall–Kier alpha value is -2.01. The van der Waals surface area contributed by atoms with Gasteiger partial charge in [-0.2, -0.15) is 0 Å². The van der Waals surface area contributed by atoms with Crippen molar-refractivity contribution < 1.29 is 4.79 Å². The zero-order chi connectivity index (χ0) is 15.4. The molecule has 0 bridgehead atoms. The van der Waals surface area contributed by atoms with Crippen LogP contribution in [0.1, 0.15) is 30.6 Å². The number of nitrogens with zero attached hydrogens (tertiary/aromatic N) is 3. The van der Waals surface area contributed by atoms with Crippen LogP contribution in [0, 0.1) is 5.92 Å². The summed E-state index contributed by atoms with van der Waals surface area (Å²) in [5.41, 5.74) is 8.17. The molecule has 5 nitrogen and oxygen atoms in total. The molecular formula is C16H22N4O. The normalized spacial score (nSPS) is 12.6. The van der Waals surface area contributed by atoms with Crippen LogP contribution < -0.4 is 5.73 Å². The van der Waals surface area contributed by atoms with E-state index in [1.54, 1.807) is 36.5 Å². The molecule has 0 aliphatic carbocycles. The summed E-state index contributed by atoms with van der Waals surface area (Å²) < 4.78 is 0. The maximum atomic E-state index is 12.4. The fourth-order valence-corrected chi connectivity index (χ4v) is 2.09. The van der Waals surface area contributed by atoms with E-state index in [0.29, 0.717) is 18.0 Å². The first-order chi connectivity index (χ1) is 9.99. The van der Waals surface area contributed by atoms with Crippen molar-refractivity contribution in [3.05, 3.63) is 36.2 Å². The van der Waals surface area contributed by atoms with Crippen LogP contribution in [0.2, 0.25) is 0 Å². The molecule has 21 heavy (non-hydrogen) atoms. The van der Waals surface area contributed by atoms with Crippen LogP contribution in [0.5, 0.6) is 0 Å². The van der Waals surface area contributed by atoms with Crippen molar-refractivity contribution >= 4 is 16.9 Å². The highest BCUT2D eigenvalue weighted by atomic mass is 16.2. The Morgan fingerprint density at radius 3 is 2.57 bits per heavy atom. The summed E-state index contributed by atoms with van der Waals surface area (Å²) >= 11 is 0. The number of carbonyl (C=O) groups excluding carboxylic acids is 1. The molecule has 0 saturated heterocycles. The molecule has 1 aromatic heterocycles. The number of nitrogens with two attached hydrogens (primary N) is 1. The van der Waals surface area contributed by atoms with E-state index in [-0.39, 0.29) is 11.9 Å². The van der Waals surface area contributed by atoms with Crippen molar-refractivity contribution in [1.82, 2.24) is 14.9 Å². The van der Waals surface area contributed by atoms with Gasteiger partial charge in [-0.1, -0.05) is 13.8 Å². The second-order valence-corrected chi connectivity index (χ2v) is 5.68. The van der Waals surface area contributed by atoms with Crippen molar-refractivity contribution in [2.75, 3.05) is 13.6 Å². The highest BCUT2D eigenvalue weighted by Crippen LogP contribution is 2.13. The Balaban J connectivity index is 2.07. The molecule has 0 fully saturated rings. The van der Waals surface area contributed by atoms with E-state index in [1.165, 1.54) is 0 Å². The van der Waals surface area contributed by atoms with Crippen LogP contribution in [0.4, 0.5) is 0 Å². The molecule has 112 valence electrons.